The Kier molecular flexibility index (Phi) is 6.07. The Labute approximate surface area is 204 Å². The van der Waals surface area contributed by atoms with Crippen molar-refractivity contribution < 1.29 is 14.3 Å². The van der Waals surface area contributed by atoms with E-state index in [1.807, 2.05) is 39.8 Å². The fourth-order valence-corrected chi connectivity index (χ4v) is 4.82. The highest BCUT2D eigenvalue weighted by Gasteiger charge is 2.28. The molecular weight excluding hydrogens is 543 g/mol. The molecule has 4 rings (SSSR count). The van der Waals surface area contributed by atoms with E-state index in [0.29, 0.717) is 20.5 Å². The zero-order valence-corrected chi connectivity index (χ0v) is 21.1. The summed E-state index contributed by atoms with van der Waals surface area (Å²) in [5, 5.41) is 14.7. The minimum absolute atomic E-state index is 0.211. The van der Waals surface area contributed by atoms with E-state index >= 15 is 0 Å². The number of pyridine rings is 1. The number of benzene rings is 1. The quantitative estimate of drug-likeness (QED) is 0.276. The molecule has 1 aliphatic carbocycles. The summed E-state index contributed by atoms with van der Waals surface area (Å²) in [4.78, 5) is 17.0. The van der Waals surface area contributed by atoms with Gasteiger partial charge in [0.1, 0.15) is 32.4 Å². The normalized spacial score (nSPS) is 15.8. The van der Waals surface area contributed by atoms with Gasteiger partial charge in [-0.05, 0) is 98.9 Å². The summed E-state index contributed by atoms with van der Waals surface area (Å²) in [6.07, 6.45) is 1.79. The fourth-order valence-electron chi connectivity index (χ4n) is 3.90. The molecule has 166 valence electrons. The minimum Gasteiger partial charge on any atom is -0.484 e. The lowest BCUT2D eigenvalue weighted by Crippen LogP contribution is -2.27. The second kappa shape index (κ2) is 8.52. The molecule has 1 aliphatic rings. The molecular formula is C23H22ClIN4O3. The number of ether oxygens (including phenoxy) is 2. The first kappa shape index (κ1) is 22.8. The van der Waals surface area contributed by atoms with Crippen LogP contribution >= 0.6 is 34.2 Å². The molecule has 0 saturated carbocycles. The number of hydrogen-bond acceptors (Lipinski definition) is 6. The van der Waals surface area contributed by atoms with Crippen LogP contribution in [0.4, 0.5) is 4.79 Å². The molecule has 0 N–H and O–H groups in total. The summed E-state index contributed by atoms with van der Waals surface area (Å²) in [5.41, 5.74) is 3.16. The van der Waals surface area contributed by atoms with Crippen LogP contribution in [0.2, 0.25) is 5.15 Å². The number of nitriles is 1. The van der Waals surface area contributed by atoms with Crippen molar-refractivity contribution in [3.8, 4) is 11.8 Å². The van der Waals surface area contributed by atoms with E-state index in [-0.39, 0.29) is 11.3 Å². The molecule has 0 aliphatic heterocycles. The smallest absolute Gasteiger partial charge is 0.435 e. The lowest BCUT2D eigenvalue weighted by molar-refractivity contribution is 0.0522. The second-order valence-electron chi connectivity index (χ2n) is 8.74. The lowest BCUT2D eigenvalue weighted by atomic mass is 9.89. The predicted molar refractivity (Wildman–Crippen MR) is 129 cm³/mol. The topological polar surface area (TPSA) is 90.0 Å². The summed E-state index contributed by atoms with van der Waals surface area (Å²) in [5.74, 6) is 0.650. The van der Waals surface area contributed by atoms with Crippen molar-refractivity contribution in [2.24, 2.45) is 0 Å². The van der Waals surface area contributed by atoms with Gasteiger partial charge in [0.15, 0.2) is 0 Å². The van der Waals surface area contributed by atoms with Crippen LogP contribution in [0.3, 0.4) is 0 Å². The highest BCUT2D eigenvalue weighted by atomic mass is 127. The molecule has 0 amide bonds. The third-order valence-corrected chi connectivity index (χ3v) is 6.39. The van der Waals surface area contributed by atoms with Gasteiger partial charge in [0, 0.05) is 5.39 Å². The number of hydrogen-bond donors (Lipinski definition) is 0. The Balaban J connectivity index is 1.67. The van der Waals surface area contributed by atoms with Crippen LogP contribution in [0.5, 0.6) is 5.75 Å². The number of nitrogens with zero attached hydrogens (tertiary/aromatic N) is 4. The first-order valence-electron chi connectivity index (χ1n) is 10.3. The van der Waals surface area contributed by atoms with Gasteiger partial charge in [-0.25, -0.2) is 9.78 Å². The molecule has 1 atom stereocenters. The van der Waals surface area contributed by atoms with Gasteiger partial charge in [0.2, 0.25) is 0 Å². The standard InChI is InChI=1S/C23H22ClIN4O3/c1-12-14-6-5-7-18(19(14)27-20(24)16(12)11-26)31-13-8-9-17-15(10-13)21(25)28-29(17)22(30)32-23(2,3)4/h8-10,18H,5-7H2,1-4H3/t18-/m0/s1. The zero-order valence-electron chi connectivity index (χ0n) is 18.2. The maximum atomic E-state index is 12.5. The van der Waals surface area contributed by atoms with Crippen molar-refractivity contribution in [2.75, 3.05) is 0 Å². The molecule has 0 fully saturated rings. The molecule has 0 bridgehead atoms. The third-order valence-electron chi connectivity index (χ3n) is 5.32. The Morgan fingerprint density at radius 1 is 1.38 bits per heavy atom. The van der Waals surface area contributed by atoms with E-state index in [1.54, 1.807) is 6.07 Å². The van der Waals surface area contributed by atoms with Crippen LogP contribution in [-0.2, 0) is 11.2 Å². The van der Waals surface area contributed by atoms with E-state index < -0.39 is 11.7 Å². The molecule has 3 aromatic rings. The summed E-state index contributed by atoms with van der Waals surface area (Å²) >= 11 is 8.36. The summed E-state index contributed by atoms with van der Waals surface area (Å²) in [7, 11) is 0. The van der Waals surface area contributed by atoms with Crippen LogP contribution in [-0.4, -0.2) is 26.5 Å². The molecule has 2 aromatic heterocycles. The van der Waals surface area contributed by atoms with Gasteiger partial charge in [-0.1, -0.05) is 11.6 Å². The molecule has 0 radical (unpaired) electrons. The second-order valence-corrected chi connectivity index (χ2v) is 10.1. The molecule has 7 nitrogen and oxygen atoms in total. The van der Waals surface area contributed by atoms with Gasteiger partial charge in [-0.2, -0.15) is 15.0 Å². The maximum Gasteiger partial charge on any atom is 0.435 e. The van der Waals surface area contributed by atoms with Crippen molar-refractivity contribution in [3.05, 3.63) is 49.4 Å². The molecule has 0 unspecified atom stereocenters. The van der Waals surface area contributed by atoms with Crippen LogP contribution in [0.1, 0.15) is 62.1 Å². The molecule has 0 spiro atoms. The Morgan fingerprint density at radius 3 is 2.81 bits per heavy atom. The number of carbonyl (C=O) groups is 1. The number of rotatable bonds is 2. The Bertz CT molecular complexity index is 1270. The van der Waals surface area contributed by atoms with Gasteiger partial charge in [-0.15, -0.1) is 0 Å². The number of aromatic nitrogens is 3. The summed E-state index contributed by atoms with van der Waals surface area (Å²) < 4.78 is 13.7. The third kappa shape index (κ3) is 4.28. The van der Waals surface area contributed by atoms with Crippen LogP contribution in [0.25, 0.3) is 10.9 Å². The van der Waals surface area contributed by atoms with Crippen molar-refractivity contribution >= 4 is 51.2 Å². The van der Waals surface area contributed by atoms with Gasteiger partial charge in [-0.3, -0.25) is 0 Å². The van der Waals surface area contributed by atoms with Crippen LogP contribution in [0.15, 0.2) is 18.2 Å². The summed E-state index contributed by atoms with van der Waals surface area (Å²) in [6.45, 7) is 7.36. The van der Waals surface area contributed by atoms with E-state index in [0.717, 1.165) is 41.5 Å². The van der Waals surface area contributed by atoms with Gasteiger partial charge < -0.3 is 9.47 Å². The molecule has 2 heterocycles. The molecule has 0 saturated heterocycles. The molecule has 1 aromatic carbocycles. The summed E-state index contributed by atoms with van der Waals surface area (Å²) in [6, 6.07) is 7.64. The zero-order chi connectivity index (χ0) is 23.2. The first-order valence-corrected chi connectivity index (χ1v) is 11.7. The van der Waals surface area contributed by atoms with E-state index in [4.69, 9.17) is 21.1 Å². The first-order chi connectivity index (χ1) is 15.1. The Hall–Kier alpha value is -2.38. The van der Waals surface area contributed by atoms with Crippen molar-refractivity contribution in [2.45, 2.75) is 58.7 Å². The van der Waals surface area contributed by atoms with Gasteiger partial charge in [0.05, 0.1) is 16.8 Å². The van der Waals surface area contributed by atoms with Crippen molar-refractivity contribution in [1.29, 1.82) is 5.26 Å². The predicted octanol–water partition coefficient (Wildman–Crippen LogP) is 6.11. The average Bonchev–Trinajstić information content (AvgIpc) is 3.04. The minimum atomic E-state index is -0.615. The van der Waals surface area contributed by atoms with Gasteiger partial charge in [0.25, 0.3) is 0 Å². The van der Waals surface area contributed by atoms with Gasteiger partial charge >= 0.3 is 6.09 Å². The number of fused-ring (bicyclic) bond motifs is 2. The fraction of sp³-hybridized carbons (Fsp3) is 0.391. The lowest BCUT2D eigenvalue weighted by Gasteiger charge is -2.27. The average molecular weight is 565 g/mol. The van der Waals surface area contributed by atoms with E-state index in [9.17, 15) is 10.1 Å². The largest absolute Gasteiger partial charge is 0.484 e. The molecule has 9 heteroatoms. The highest BCUT2D eigenvalue weighted by molar-refractivity contribution is 14.1. The van der Waals surface area contributed by atoms with Crippen molar-refractivity contribution in [1.82, 2.24) is 14.8 Å². The monoisotopic (exact) mass is 564 g/mol. The highest BCUT2D eigenvalue weighted by Crippen LogP contribution is 2.37. The number of halogens is 2. The van der Waals surface area contributed by atoms with Crippen LogP contribution in [0, 0.1) is 22.0 Å². The Morgan fingerprint density at radius 2 is 2.12 bits per heavy atom. The van der Waals surface area contributed by atoms with Crippen molar-refractivity contribution in [3.63, 3.8) is 0 Å². The molecule has 32 heavy (non-hydrogen) atoms. The SMILES string of the molecule is Cc1c(C#N)c(Cl)nc2c1CCC[C@@H]2Oc1ccc2c(c1)c(I)nn2C(=O)OC(C)(C)C. The maximum absolute atomic E-state index is 12.5. The number of carbonyl (C=O) groups excluding carboxylic acids is 1. The van der Waals surface area contributed by atoms with E-state index in [2.05, 4.69) is 38.7 Å². The van der Waals surface area contributed by atoms with Crippen LogP contribution < -0.4 is 4.74 Å². The van der Waals surface area contributed by atoms with E-state index in [1.165, 1.54) is 4.68 Å².